The molecule has 0 aromatic carbocycles. The first-order valence-electron chi connectivity index (χ1n) is 8.38. The van der Waals surface area contributed by atoms with Crippen LogP contribution in [0.25, 0.3) is 0 Å². The zero-order chi connectivity index (χ0) is 15.9. The van der Waals surface area contributed by atoms with Gasteiger partial charge in [0, 0.05) is 19.1 Å². The number of carbonyl (C=O) groups is 2. The van der Waals surface area contributed by atoms with E-state index in [0.29, 0.717) is 32.3 Å². The lowest BCUT2D eigenvalue weighted by Crippen LogP contribution is -2.47. The number of amides is 2. The molecule has 0 spiro atoms. The molecule has 0 atom stereocenters. The van der Waals surface area contributed by atoms with E-state index in [4.69, 9.17) is 4.74 Å². The minimum atomic E-state index is 0.0248. The normalized spacial score (nSPS) is 26.0. The second-order valence-electron chi connectivity index (χ2n) is 6.69. The zero-order valence-corrected chi connectivity index (χ0v) is 13.8. The number of rotatable bonds is 5. The predicted octanol–water partition coefficient (Wildman–Crippen LogP) is 0.472. The highest BCUT2D eigenvalue weighted by Gasteiger charge is 2.22. The molecule has 2 amide bonds. The smallest absolute Gasteiger partial charge is 0.236 e. The second kappa shape index (κ2) is 8.48. The summed E-state index contributed by atoms with van der Waals surface area (Å²) >= 11 is 0. The average molecular weight is 311 g/mol. The molecule has 1 N–H and O–H groups in total. The van der Waals surface area contributed by atoms with Crippen LogP contribution in [0.4, 0.5) is 0 Å². The number of carbonyl (C=O) groups excluding carboxylic acids is 2. The van der Waals surface area contributed by atoms with Gasteiger partial charge >= 0.3 is 0 Å². The Morgan fingerprint density at radius 3 is 2.41 bits per heavy atom. The van der Waals surface area contributed by atoms with Gasteiger partial charge < -0.3 is 15.0 Å². The number of nitrogens with zero attached hydrogens (tertiary/aromatic N) is 2. The molecule has 2 fully saturated rings. The summed E-state index contributed by atoms with van der Waals surface area (Å²) in [6.45, 7) is 5.35. The molecule has 0 bridgehead atoms. The van der Waals surface area contributed by atoms with Crippen LogP contribution in [0, 0.1) is 5.92 Å². The SMILES string of the molecule is CC1CCC(NC(=O)CN(C)CC(=O)N2CCOCC2)CC1. The maximum absolute atomic E-state index is 12.1. The van der Waals surface area contributed by atoms with Crippen LogP contribution in [-0.4, -0.2) is 74.1 Å². The van der Waals surface area contributed by atoms with Crippen LogP contribution < -0.4 is 5.32 Å². The number of morpholine rings is 1. The van der Waals surface area contributed by atoms with Crippen molar-refractivity contribution in [2.24, 2.45) is 5.92 Å². The van der Waals surface area contributed by atoms with Crippen LogP contribution in [0.1, 0.15) is 32.6 Å². The maximum atomic E-state index is 12.1. The lowest BCUT2D eigenvalue weighted by Gasteiger charge is -2.29. The van der Waals surface area contributed by atoms with Gasteiger partial charge in [-0.05, 0) is 38.6 Å². The molecule has 6 heteroatoms. The van der Waals surface area contributed by atoms with Crippen molar-refractivity contribution in [3.63, 3.8) is 0 Å². The van der Waals surface area contributed by atoms with Gasteiger partial charge in [-0.25, -0.2) is 0 Å². The van der Waals surface area contributed by atoms with E-state index in [-0.39, 0.29) is 24.9 Å². The minimum absolute atomic E-state index is 0.0248. The number of hydrogen-bond acceptors (Lipinski definition) is 4. The quantitative estimate of drug-likeness (QED) is 0.802. The van der Waals surface area contributed by atoms with Gasteiger partial charge in [-0.15, -0.1) is 0 Å². The first kappa shape index (κ1) is 17.2. The molecule has 1 saturated carbocycles. The van der Waals surface area contributed by atoms with Crippen molar-refractivity contribution in [1.82, 2.24) is 15.1 Å². The fraction of sp³-hybridized carbons (Fsp3) is 0.875. The molecule has 22 heavy (non-hydrogen) atoms. The van der Waals surface area contributed by atoms with Crippen molar-refractivity contribution in [1.29, 1.82) is 0 Å². The molecular formula is C16H29N3O3. The Hall–Kier alpha value is -1.14. The molecule has 1 aliphatic heterocycles. The van der Waals surface area contributed by atoms with E-state index in [0.717, 1.165) is 18.8 Å². The second-order valence-corrected chi connectivity index (χ2v) is 6.69. The summed E-state index contributed by atoms with van der Waals surface area (Å²) in [4.78, 5) is 27.8. The van der Waals surface area contributed by atoms with Gasteiger partial charge in [0.25, 0.3) is 0 Å². The summed E-state index contributed by atoms with van der Waals surface area (Å²) < 4.78 is 5.24. The molecule has 1 heterocycles. The van der Waals surface area contributed by atoms with Gasteiger partial charge in [-0.1, -0.05) is 6.92 Å². The van der Waals surface area contributed by atoms with Gasteiger partial charge in [0.05, 0.1) is 26.3 Å². The number of nitrogens with one attached hydrogen (secondary N) is 1. The van der Waals surface area contributed by atoms with Crippen molar-refractivity contribution >= 4 is 11.8 Å². The molecule has 0 aromatic rings. The highest BCUT2D eigenvalue weighted by Crippen LogP contribution is 2.23. The molecule has 0 aromatic heterocycles. The van der Waals surface area contributed by atoms with E-state index < -0.39 is 0 Å². The molecule has 2 aliphatic rings. The minimum Gasteiger partial charge on any atom is -0.378 e. The third-order valence-electron chi connectivity index (χ3n) is 4.56. The molecule has 126 valence electrons. The number of ether oxygens (including phenoxy) is 1. The van der Waals surface area contributed by atoms with Crippen LogP contribution in [-0.2, 0) is 14.3 Å². The largest absolute Gasteiger partial charge is 0.378 e. The Bertz CT molecular complexity index is 375. The third kappa shape index (κ3) is 5.57. The maximum Gasteiger partial charge on any atom is 0.236 e. The van der Waals surface area contributed by atoms with Crippen molar-refractivity contribution in [2.75, 3.05) is 46.4 Å². The summed E-state index contributed by atoms with van der Waals surface area (Å²) in [5.74, 6) is 0.879. The topological polar surface area (TPSA) is 61.9 Å². The van der Waals surface area contributed by atoms with Crippen LogP contribution in [0.3, 0.4) is 0 Å². The van der Waals surface area contributed by atoms with E-state index >= 15 is 0 Å². The summed E-state index contributed by atoms with van der Waals surface area (Å²) in [6, 6.07) is 0.312. The van der Waals surface area contributed by atoms with Crippen LogP contribution >= 0.6 is 0 Å². The monoisotopic (exact) mass is 311 g/mol. The van der Waals surface area contributed by atoms with E-state index in [1.165, 1.54) is 12.8 Å². The average Bonchev–Trinajstić information content (AvgIpc) is 2.50. The number of hydrogen-bond donors (Lipinski definition) is 1. The summed E-state index contributed by atoms with van der Waals surface area (Å²) in [7, 11) is 1.82. The van der Waals surface area contributed by atoms with Gasteiger partial charge in [-0.3, -0.25) is 14.5 Å². The highest BCUT2D eigenvalue weighted by molar-refractivity contribution is 5.81. The van der Waals surface area contributed by atoms with Crippen LogP contribution in [0.15, 0.2) is 0 Å². The lowest BCUT2D eigenvalue weighted by molar-refractivity contribution is -0.136. The van der Waals surface area contributed by atoms with Gasteiger partial charge in [0.15, 0.2) is 0 Å². The van der Waals surface area contributed by atoms with Crippen molar-refractivity contribution < 1.29 is 14.3 Å². The fourth-order valence-electron chi connectivity index (χ4n) is 3.12. The third-order valence-corrected chi connectivity index (χ3v) is 4.56. The first-order chi connectivity index (χ1) is 10.5. The first-order valence-corrected chi connectivity index (χ1v) is 8.38. The standard InChI is InChI=1S/C16H29N3O3/c1-13-3-5-14(6-4-13)17-15(20)11-18(2)12-16(21)19-7-9-22-10-8-19/h13-14H,3-12H2,1-2H3,(H,17,20). The summed E-state index contributed by atoms with van der Waals surface area (Å²) in [5.41, 5.74) is 0. The molecular weight excluding hydrogens is 282 g/mol. The van der Waals surface area contributed by atoms with Crippen molar-refractivity contribution in [3.8, 4) is 0 Å². The molecule has 0 unspecified atom stereocenters. The fourth-order valence-corrected chi connectivity index (χ4v) is 3.12. The van der Waals surface area contributed by atoms with E-state index in [1.807, 2.05) is 7.05 Å². The predicted molar refractivity (Wildman–Crippen MR) is 84.5 cm³/mol. The molecule has 0 radical (unpaired) electrons. The van der Waals surface area contributed by atoms with Gasteiger partial charge in [-0.2, -0.15) is 0 Å². The summed E-state index contributed by atoms with van der Waals surface area (Å²) in [6.07, 6.45) is 4.53. The van der Waals surface area contributed by atoms with Crippen molar-refractivity contribution in [2.45, 2.75) is 38.6 Å². The Kier molecular flexibility index (Phi) is 6.64. The van der Waals surface area contributed by atoms with Crippen LogP contribution in [0.5, 0.6) is 0 Å². The van der Waals surface area contributed by atoms with Gasteiger partial charge in [0.2, 0.25) is 11.8 Å². The van der Waals surface area contributed by atoms with E-state index in [9.17, 15) is 9.59 Å². The molecule has 6 nitrogen and oxygen atoms in total. The Morgan fingerprint density at radius 2 is 1.77 bits per heavy atom. The summed E-state index contributed by atoms with van der Waals surface area (Å²) in [5, 5.41) is 3.10. The molecule has 1 aliphatic carbocycles. The molecule has 1 saturated heterocycles. The number of likely N-dealkylation sites (N-methyl/N-ethyl adjacent to an activating group) is 1. The van der Waals surface area contributed by atoms with E-state index in [1.54, 1.807) is 9.80 Å². The highest BCUT2D eigenvalue weighted by atomic mass is 16.5. The van der Waals surface area contributed by atoms with E-state index in [2.05, 4.69) is 12.2 Å². The molecule has 2 rings (SSSR count). The lowest BCUT2D eigenvalue weighted by atomic mass is 9.87. The van der Waals surface area contributed by atoms with Gasteiger partial charge in [0.1, 0.15) is 0 Å². The Labute approximate surface area is 133 Å². The zero-order valence-electron chi connectivity index (χ0n) is 13.8. The Balaban J connectivity index is 1.66. The van der Waals surface area contributed by atoms with Crippen molar-refractivity contribution in [3.05, 3.63) is 0 Å². The Morgan fingerprint density at radius 1 is 1.14 bits per heavy atom. The van der Waals surface area contributed by atoms with Crippen LogP contribution in [0.2, 0.25) is 0 Å².